The molecular formula is C16H26O4S. The molecule has 1 aromatic rings. The molecule has 0 radical (unpaired) electrons. The summed E-state index contributed by atoms with van der Waals surface area (Å²) in [6.45, 7) is 4.29. The summed E-state index contributed by atoms with van der Waals surface area (Å²) in [7, 11) is -3.97. The van der Waals surface area contributed by atoms with Crippen LogP contribution in [0.25, 0.3) is 0 Å². The van der Waals surface area contributed by atoms with E-state index in [-0.39, 0.29) is 12.4 Å². The van der Waals surface area contributed by atoms with Crippen molar-refractivity contribution in [1.29, 1.82) is 0 Å². The molecule has 120 valence electrons. The molecule has 1 N–H and O–H groups in total. The van der Waals surface area contributed by atoms with Crippen molar-refractivity contribution in [2.24, 2.45) is 0 Å². The van der Waals surface area contributed by atoms with E-state index in [2.05, 4.69) is 19.9 Å². The molecule has 0 unspecified atom stereocenters. The highest BCUT2D eigenvalue weighted by Crippen LogP contribution is 2.20. The lowest BCUT2D eigenvalue weighted by Crippen LogP contribution is -2.12. The molecule has 1 rings (SSSR count). The molecule has 0 amide bonds. The predicted octanol–water partition coefficient (Wildman–Crippen LogP) is 3.64. The van der Waals surface area contributed by atoms with Gasteiger partial charge < -0.3 is 4.74 Å². The van der Waals surface area contributed by atoms with Gasteiger partial charge in [-0.2, -0.15) is 8.42 Å². The minimum absolute atomic E-state index is 0.0245. The van der Waals surface area contributed by atoms with Crippen molar-refractivity contribution in [2.45, 2.75) is 52.4 Å². The number of benzene rings is 1. The average Bonchev–Trinajstić information content (AvgIpc) is 2.41. The van der Waals surface area contributed by atoms with Gasteiger partial charge in [0.2, 0.25) is 0 Å². The first-order valence-electron chi connectivity index (χ1n) is 7.65. The smallest absolute Gasteiger partial charge is 0.268 e. The molecule has 0 spiro atoms. The summed E-state index contributed by atoms with van der Waals surface area (Å²) in [6.07, 6.45) is 6.54. The Morgan fingerprint density at radius 3 is 1.95 bits per heavy atom. The minimum atomic E-state index is -3.97. The molecule has 0 atom stereocenters. The van der Waals surface area contributed by atoms with Crippen LogP contribution in [-0.4, -0.2) is 25.3 Å². The van der Waals surface area contributed by atoms with E-state index in [1.165, 1.54) is 11.1 Å². The Balaban J connectivity index is 2.74. The Morgan fingerprint density at radius 1 is 1.00 bits per heavy atom. The van der Waals surface area contributed by atoms with Gasteiger partial charge in [0.25, 0.3) is 10.1 Å². The first-order chi connectivity index (χ1) is 9.94. The van der Waals surface area contributed by atoms with Crippen LogP contribution in [-0.2, 0) is 23.0 Å². The van der Waals surface area contributed by atoms with Gasteiger partial charge in [-0.1, -0.05) is 32.8 Å². The van der Waals surface area contributed by atoms with Crippen LogP contribution in [0.3, 0.4) is 0 Å². The van der Waals surface area contributed by atoms with Crippen LogP contribution in [0.2, 0.25) is 0 Å². The summed E-state index contributed by atoms with van der Waals surface area (Å²) in [5.41, 5.74) is 2.46. The van der Waals surface area contributed by atoms with Gasteiger partial charge in [-0.25, -0.2) is 0 Å². The van der Waals surface area contributed by atoms with Gasteiger partial charge in [0, 0.05) is 0 Å². The lowest BCUT2D eigenvalue weighted by molar-refractivity contribution is 0.335. The molecule has 0 bridgehead atoms. The normalized spacial score (nSPS) is 11.6. The van der Waals surface area contributed by atoms with Gasteiger partial charge in [-0.05, 0) is 48.9 Å². The second-order valence-corrected chi connectivity index (χ2v) is 6.90. The molecule has 1 aromatic carbocycles. The maximum absolute atomic E-state index is 10.7. The van der Waals surface area contributed by atoms with Crippen molar-refractivity contribution in [3.8, 4) is 5.75 Å². The van der Waals surface area contributed by atoms with Gasteiger partial charge in [-0.15, -0.1) is 0 Å². The highest BCUT2D eigenvalue weighted by atomic mass is 32.2. The van der Waals surface area contributed by atoms with Crippen LogP contribution >= 0.6 is 0 Å². The predicted molar refractivity (Wildman–Crippen MR) is 85.6 cm³/mol. The second kappa shape index (κ2) is 9.05. The van der Waals surface area contributed by atoms with Gasteiger partial charge in [0.05, 0.1) is 0 Å². The summed E-state index contributed by atoms with van der Waals surface area (Å²) >= 11 is 0. The molecule has 0 saturated carbocycles. The molecule has 0 saturated heterocycles. The van der Waals surface area contributed by atoms with Crippen LogP contribution in [0.4, 0.5) is 0 Å². The maximum Gasteiger partial charge on any atom is 0.268 e. The summed E-state index contributed by atoms with van der Waals surface area (Å²) in [5, 5.41) is 0. The Kier molecular flexibility index (Phi) is 7.75. The van der Waals surface area contributed by atoms with Gasteiger partial charge in [0.15, 0.2) is 0 Å². The topological polar surface area (TPSA) is 63.6 Å². The zero-order valence-electron chi connectivity index (χ0n) is 13.0. The highest BCUT2D eigenvalue weighted by Gasteiger charge is 2.07. The number of aryl methyl sites for hydroxylation is 2. The van der Waals surface area contributed by atoms with Crippen molar-refractivity contribution in [1.82, 2.24) is 0 Å². The Hall–Kier alpha value is -1.07. The van der Waals surface area contributed by atoms with E-state index in [0.717, 1.165) is 38.5 Å². The van der Waals surface area contributed by atoms with Crippen molar-refractivity contribution < 1.29 is 17.7 Å². The third-order valence-corrected chi connectivity index (χ3v) is 3.96. The average molecular weight is 314 g/mol. The van der Waals surface area contributed by atoms with E-state index in [4.69, 9.17) is 9.29 Å². The van der Waals surface area contributed by atoms with E-state index >= 15 is 0 Å². The van der Waals surface area contributed by atoms with E-state index in [9.17, 15) is 8.42 Å². The van der Waals surface area contributed by atoms with Crippen LogP contribution in [0.5, 0.6) is 5.75 Å². The molecule has 21 heavy (non-hydrogen) atoms. The summed E-state index contributed by atoms with van der Waals surface area (Å²) in [6, 6.07) is 6.14. The summed E-state index contributed by atoms with van der Waals surface area (Å²) in [5.74, 6) is 0.314. The number of unbranched alkanes of at least 4 members (excludes halogenated alkanes) is 2. The van der Waals surface area contributed by atoms with Crippen LogP contribution in [0, 0.1) is 0 Å². The number of hydrogen-bond donors (Lipinski definition) is 1. The standard InChI is InChI=1S/C16H26O4S/c1-3-5-7-14-11-15(8-6-4-2)13-16(12-14)20-9-10-21(17,18)19/h11-13H,3-10H2,1-2H3,(H,17,18,19). The molecule has 0 aliphatic rings. The minimum Gasteiger partial charge on any atom is -0.492 e. The van der Waals surface area contributed by atoms with Gasteiger partial charge in [0.1, 0.15) is 18.1 Å². The third kappa shape index (κ3) is 8.07. The summed E-state index contributed by atoms with van der Waals surface area (Å²) in [4.78, 5) is 0. The van der Waals surface area contributed by atoms with E-state index in [1.807, 2.05) is 12.1 Å². The summed E-state index contributed by atoms with van der Waals surface area (Å²) < 4.78 is 35.6. The lowest BCUT2D eigenvalue weighted by atomic mass is 10.0. The molecule has 0 aliphatic heterocycles. The molecular weight excluding hydrogens is 288 g/mol. The van der Waals surface area contributed by atoms with Crippen molar-refractivity contribution in [3.63, 3.8) is 0 Å². The number of ether oxygens (including phenoxy) is 1. The molecule has 5 heteroatoms. The lowest BCUT2D eigenvalue weighted by Gasteiger charge is -2.11. The largest absolute Gasteiger partial charge is 0.492 e. The van der Waals surface area contributed by atoms with Gasteiger partial charge in [-0.3, -0.25) is 4.55 Å². The van der Waals surface area contributed by atoms with Crippen molar-refractivity contribution in [2.75, 3.05) is 12.4 Å². The fourth-order valence-electron chi connectivity index (χ4n) is 2.13. The molecule has 4 nitrogen and oxygen atoms in total. The second-order valence-electron chi connectivity index (χ2n) is 5.33. The Labute approximate surface area is 128 Å². The first-order valence-corrected chi connectivity index (χ1v) is 9.26. The monoisotopic (exact) mass is 314 g/mol. The zero-order chi connectivity index (χ0) is 15.7. The fraction of sp³-hybridized carbons (Fsp3) is 0.625. The molecule has 0 aliphatic carbocycles. The molecule has 0 aromatic heterocycles. The number of hydrogen-bond acceptors (Lipinski definition) is 3. The van der Waals surface area contributed by atoms with E-state index in [0.29, 0.717) is 5.75 Å². The SMILES string of the molecule is CCCCc1cc(CCCC)cc(OCCS(=O)(=O)O)c1. The van der Waals surface area contributed by atoms with E-state index in [1.54, 1.807) is 0 Å². The van der Waals surface area contributed by atoms with Crippen LogP contribution in [0.15, 0.2) is 18.2 Å². The van der Waals surface area contributed by atoms with Gasteiger partial charge >= 0.3 is 0 Å². The van der Waals surface area contributed by atoms with Crippen molar-refractivity contribution in [3.05, 3.63) is 29.3 Å². The van der Waals surface area contributed by atoms with Crippen molar-refractivity contribution >= 4 is 10.1 Å². The maximum atomic E-state index is 10.7. The molecule has 0 fully saturated rings. The highest BCUT2D eigenvalue weighted by molar-refractivity contribution is 7.85. The van der Waals surface area contributed by atoms with E-state index < -0.39 is 10.1 Å². The third-order valence-electron chi connectivity index (χ3n) is 3.27. The zero-order valence-corrected chi connectivity index (χ0v) is 13.8. The first kappa shape index (κ1) is 18.0. The fourth-order valence-corrected chi connectivity index (χ4v) is 2.42. The van der Waals surface area contributed by atoms with Crippen LogP contribution < -0.4 is 4.74 Å². The Morgan fingerprint density at radius 2 is 1.52 bits per heavy atom. The Bertz CT molecular complexity index is 497. The number of rotatable bonds is 10. The molecule has 0 heterocycles. The van der Waals surface area contributed by atoms with Crippen LogP contribution in [0.1, 0.15) is 50.7 Å². The quantitative estimate of drug-likeness (QED) is 0.670.